The van der Waals surface area contributed by atoms with Gasteiger partial charge in [0.2, 0.25) is 15.8 Å². The molecule has 1 aliphatic heterocycles. The lowest BCUT2D eigenvalue weighted by atomic mass is 9.87. The Morgan fingerprint density at radius 1 is 1.12 bits per heavy atom. The first-order valence-corrected chi connectivity index (χ1v) is 12.1. The van der Waals surface area contributed by atoms with E-state index < -0.39 is 39.5 Å². The summed E-state index contributed by atoms with van der Waals surface area (Å²) < 4.78 is 25.7. The number of likely N-dealkylation sites (tertiary alicyclic amines) is 1. The third-order valence-corrected chi connectivity index (χ3v) is 7.54. The number of sulfonamides is 1. The van der Waals surface area contributed by atoms with Crippen molar-refractivity contribution in [2.24, 2.45) is 5.92 Å². The van der Waals surface area contributed by atoms with Gasteiger partial charge < -0.3 is 9.80 Å². The summed E-state index contributed by atoms with van der Waals surface area (Å²) >= 11 is 0. The van der Waals surface area contributed by atoms with Gasteiger partial charge in [-0.3, -0.25) is 19.4 Å². The van der Waals surface area contributed by atoms with E-state index in [0.29, 0.717) is 18.5 Å². The van der Waals surface area contributed by atoms with E-state index in [9.17, 15) is 22.8 Å². The number of nitrogens with zero attached hydrogens (tertiary/aromatic N) is 3. The molecule has 9 nitrogen and oxygen atoms in total. The lowest BCUT2D eigenvalue weighted by Gasteiger charge is -2.27. The van der Waals surface area contributed by atoms with Gasteiger partial charge in [0.05, 0.1) is 31.6 Å². The van der Waals surface area contributed by atoms with Gasteiger partial charge in [0.15, 0.2) is 5.78 Å². The molecule has 2 heterocycles. The van der Waals surface area contributed by atoms with E-state index in [1.807, 2.05) is 14.1 Å². The van der Waals surface area contributed by atoms with Crippen LogP contribution in [0, 0.1) is 5.92 Å². The lowest BCUT2D eigenvalue weighted by Crippen LogP contribution is -3.05. The van der Waals surface area contributed by atoms with Crippen molar-refractivity contribution < 1.29 is 27.7 Å². The number of ketones is 2. The molecule has 1 amide bonds. The lowest BCUT2D eigenvalue weighted by molar-refractivity contribution is -0.858. The molecule has 0 radical (unpaired) electrons. The Morgan fingerprint density at radius 3 is 2.33 bits per heavy atom. The van der Waals surface area contributed by atoms with E-state index in [1.54, 1.807) is 24.5 Å². The first kappa shape index (κ1) is 24.7. The Bertz CT molecular complexity index is 1130. The molecule has 1 aromatic heterocycles. The predicted molar refractivity (Wildman–Crippen MR) is 121 cm³/mol. The summed E-state index contributed by atoms with van der Waals surface area (Å²) in [4.78, 5) is 46.1. The molecule has 0 aliphatic carbocycles. The first-order valence-electron chi connectivity index (χ1n) is 10.7. The van der Waals surface area contributed by atoms with Crippen LogP contribution in [0.3, 0.4) is 0 Å². The zero-order valence-electron chi connectivity index (χ0n) is 19.2. The molecule has 1 fully saturated rings. The molecule has 1 N–H and O–H groups in total. The quantitative estimate of drug-likeness (QED) is 0.307. The summed E-state index contributed by atoms with van der Waals surface area (Å²) in [5, 5.41) is 0. The number of aromatic nitrogens is 1. The van der Waals surface area contributed by atoms with Gasteiger partial charge >= 0.3 is 0 Å². The maximum Gasteiger partial charge on any atom is 0.291 e. The van der Waals surface area contributed by atoms with Crippen molar-refractivity contribution in [1.82, 2.24) is 14.2 Å². The molecule has 1 saturated heterocycles. The van der Waals surface area contributed by atoms with Crippen molar-refractivity contribution in [1.29, 1.82) is 0 Å². The molecular weight excluding hydrogens is 444 g/mol. The van der Waals surface area contributed by atoms with Crippen LogP contribution in [0.2, 0.25) is 0 Å². The standard InChI is InChI=1S/C23H28N4O5S/c1-25(2)13-6-14-27-20(17-7-5-12-24-15-17)19(22(29)23(27)30)21(28)16-8-10-18(11-9-16)33(31,32)26(3)4/h5,7-12,15,19-20H,6,13-14H2,1-4H3/p+1. The predicted octanol–water partition coefficient (Wildman–Crippen LogP) is -0.182. The second kappa shape index (κ2) is 9.90. The van der Waals surface area contributed by atoms with E-state index in [-0.39, 0.29) is 10.5 Å². The fraction of sp³-hybridized carbons (Fsp3) is 0.391. The Morgan fingerprint density at radius 2 is 1.79 bits per heavy atom. The number of hydrogen-bond acceptors (Lipinski definition) is 6. The molecule has 33 heavy (non-hydrogen) atoms. The topological polar surface area (TPSA) is 109 Å². The number of Topliss-reactive ketones (excluding diaryl/α,β-unsaturated/α-hetero) is 2. The van der Waals surface area contributed by atoms with Gasteiger partial charge in [-0.15, -0.1) is 0 Å². The van der Waals surface area contributed by atoms with Gasteiger partial charge in [0.25, 0.3) is 5.91 Å². The molecule has 1 aliphatic rings. The van der Waals surface area contributed by atoms with E-state index in [4.69, 9.17) is 0 Å². The number of nitrogens with one attached hydrogen (secondary N) is 1. The molecule has 2 unspecified atom stereocenters. The Kier molecular flexibility index (Phi) is 7.41. The summed E-state index contributed by atoms with van der Waals surface area (Å²) in [5.74, 6) is -3.17. The van der Waals surface area contributed by atoms with Crippen LogP contribution < -0.4 is 4.90 Å². The number of amides is 1. The van der Waals surface area contributed by atoms with Crippen LogP contribution in [0.4, 0.5) is 0 Å². The number of carbonyl (C=O) groups is 3. The van der Waals surface area contributed by atoms with Crippen LogP contribution in [0.5, 0.6) is 0 Å². The van der Waals surface area contributed by atoms with Crippen molar-refractivity contribution in [2.45, 2.75) is 17.4 Å². The second-order valence-electron chi connectivity index (χ2n) is 8.56. The monoisotopic (exact) mass is 473 g/mol. The highest BCUT2D eigenvalue weighted by Crippen LogP contribution is 2.38. The molecule has 176 valence electrons. The fourth-order valence-electron chi connectivity index (χ4n) is 3.94. The van der Waals surface area contributed by atoms with Crippen LogP contribution in [0.1, 0.15) is 28.4 Å². The number of benzene rings is 1. The smallest absolute Gasteiger partial charge is 0.291 e. The summed E-state index contributed by atoms with van der Waals surface area (Å²) in [6.45, 7) is 1.15. The molecule has 3 rings (SSSR count). The van der Waals surface area contributed by atoms with E-state index >= 15 is 0 Å². The summed E-state index contributed by atoms with van der Waals surface area (Å²) in [7, 11) is 3.19. The van der Waals surface area contributed by atoms with Crippen molar-refractivity contribution in [3.63, 3.8) is 0 Å². The molecule has 2 atom stereocenters. The minimum atomic E-state index is -3.66. The molecule has 2 aromatic rings. The Balaban J connectivity index is 1.96. The minimum Gasteiger partial charge on any atom is -0.340 e. The van der Waals surface area contributed by atoms with Gasteiger partial charge in [-0.1, -0.05) is 18.2 Å². The van der Waals surface area contributed by atoms with Crippen LogP contribution >= 0.6 is 0 Å². The zero-order valence-corrected chi connectivity index (χ0v) is 20.0. The van der Waals surface area contributed by atoms with Crippen LogP contribution in [-0.4, -0.2) is 81.4 Å². The molecule has 0 spiro atoms. The average molecular weight is 474 g/mol. The van der Waals surface area contributed by atoms with Crippen LogP contribution in [-0.2, 0) is 19.6 Å². The minimum absolute atomic E-state index is 0.0366. The third-order valence-electron chi connectivity index (χ3n) is 5.71. The summed E-state index contributed by atoms with van der Waals surface area (Å²) in [5.41, 5.74) is 0.784. The molecule has 0 saturated carbocycles. The number of pyridine rings is 1. The van der Waals surface area contributed by atoms with E-state index in [1.165, 1.54) is 48.2 Å². The van der Waals surface area contributed by atoms with Crippen LogP contribution in [0.15, 0.2) is 53.7 Å². The number of quaternary nitrogens is 1. The molecular formula is C23H29N4O5S+. The number of carbonyl (C=O) groups excluding carboxylic acids is 3. The van der Waals surface area contributed by atoms with Gasteiger partial charge in [0, 0.05) is 45.0 Å². The van der Waals surface area contributed by atoms with Gasteiger partial charge in [-0.05, 0) is 23.8 Å². The molecule has 1 aromatic carbocycles. The van der Waals surface area contributed by atoms with Gasteiger partial charge in [-0.25, -0.2) is 12.7 Å². The highest BCUT2D eigenvalue weighted by atomic mass is 32.2. The highest BCUT2D eigenvalue weighted by molar-refractivity contribution is 7.89. The highest BCUT2D eigenvalue weighted by Gasteiger charge is 2.51. The van der Waals surface area contributed by atoms with E-state index in [0.717, 1.165) is 10.8 Å². The summed E-state index contributed by atoms with van der Waals surface area (Å²) in [6.07, 6.45) is 3.83. The normalized spacial score (nSPS) is 19.0. The molecule has 10 heteroatoms. The maximum absolute atomic E-state index is 13.4. The fourth-order valence-corrected chi connectivity index (χ4v) is 4.84. The van der Waals surface area contributed by atoms with Crippen LogP contribution in [0.25, 0.3) is 0 Å². The largest absolute Gasteiger partial charge is 0.340 e. The summed E-state index contributed by atoms with van der Waals surface area (Å²) in [6, 6.07) is 8.13. The second-order valence-corrected chi connectivity index (χ2v) is 10.7. The van der Waals surface area contributed by atoms with Crippen molar-refractivity contribution >= 4 is 27.5 Å². The van der Waals surface area contributed by atoms with Gasteiger partial charge in [0.1, 0.15) is 5.92 Å². The Labute approximate surface area is 194 Å². The number of rotatable bonds is 9. The third kappa shape index (κ3) is 5.02. The maximum atomic E-state index is 13.4. The van der Waals surface area contributed by atoms with E-state index in [2.05, 4.69) is 4.98 Å². The van der Waals surface area contributed by atoms with Gasteiger partial charge in [-0.2, -0.15) is 0 Å². The first-order chi connectivity index (χ1) is 15.6. The average Bonchev–Trinajstić information content (AvgIpc) is 3.04. The Hall–Kier alpha value is -2.95. The zero-order chi connectivity index (χ0) is 24.3. The SMILES string of the molecule is CN(C)S(=O)(=O)c1ccc(C(=O)C2C(=O)C(=O)N(CCC[NH+](C)C)C2c2cccnc2)cc1. The van der Waals surface area contributed by atoms with Crippen molar-refractivity contribution in [3.05, 3.63) is 59.9 Å². The number of hydrogen-bond donors (Lipinski definition) is 1. The van der Waals surface area contributed by atoms with Crippen molar-refractivity contribution in [3.8, 4) is 0 Å². The van der Waals surface area contributed by atoms with Crippen molar-refractivity contribution in [2.75, 3.05) is 41.3 Å². The molecule has 0 bridgehead atoms.